The van der Waals surface area contributed by atoms with E-state index in [1.54, 1.807) is 0 Å². The number of aromatic nitrogens is 2. The minimum Gasteiger partial charge on any atom is -0.509 e. The number of benzene rings is 6. The van der Waals surface area contributed by atoms with Gasteiger partial charge in [0.1, 0.15) is 5.82 Å². The quantitative estimate of drug-likeness (QED) is 0.161. The van der Waals surface area contributed by atoms with Crippen LogP contribution in [0, 0.1) is 25.7 Å². The van der Waals surface area contributed by atoms with Gasteiger partial charge in [-0.25, -0.2) is 4.98 Å². The van der Waals surface area contributed by atoms with E-state index in [1.165, 1.54) is 48.1 Å². The van der Waals surface area contributed by atoms with Gasteiger partial charge < -0.3 is 19.1 Å². The second-order valence-corrected chi connectivity index (χ2v) is 20.6. The molecule has 6 aromatic carbocycles. The van der Waals surface area contributed by atoms with E-state index in [2.05, 4.69) is 199 Å². The first kappa shape index (κ1) is 41.9. The van der Waals surface area contributed by atoms with E-state index in [1.807, 2.05) is 35.7 Å². The molecule has 9 aromatic rings. The number of aryl methyl sites for hydroxylation is 1. The van der Waals surface area contributed by atoms with Crippen LogP contribution >= 0.6 is 11.3 Å². The zero-order valence-electron chi connectivity index (χ0n) is 37.0. The van der Waals surface area contributed by atoms with Gasteiger partial charge >= 0.3 is 0 Å². The van der Waals surface area contributed by atoms with E-state index < -0.39 is 0 Å². The third kappa shape index (κ3) is 7.10. The molecule has 0 fully saturated rings. The minimum atomic E-state index is -0.0737. The molecule has 5 nitrogen and oxygen atoms in total. The van der Waals surface area contributed by atoms with Crippen molar-refractivity contribution < 1.29 is 25.8 Å². The number of rotatable bonds is 5. The molecule has 0 aliphatic carbocycles. The second kappa shape index (κ2) is 15.1. The standard InChI is InChI=1S/C55H51N4OS.Pt/c1-34-28-36(54(5,6)7)29-43(55(8,9)10)51(34)58-33-57(44-19-12-13-20-45(44)58)37-16-15-17-38(31-37)60-39-22-23-40-41-24-25-48-50(42-18-11-14-21-47(42)61-48)52(41)59(46(40)32-39)49-30-35(26-27-56-49)53(2,3)4;/h11-30,33H,1-10H3;/q-3;. The van der Waals surface area contributed by atoms with Crippen LogP contribution < -0.4 is 14.5 Å². The Bertz CT molecular complexity index is 3190. The predicted octanol–water partition coefficient (Wildman–Crippen LogP) is 15.5. The molecule has 0 unspecified atom stereocenters. The van der Waals surface area contributed by atoms with Gasteiger partial charge in [0, 0.05) is 76.0 Å². The molecule has 0 saturated heterocycles. The van der Waals surface area contributed by atoms with Crippen molar-refractivity contribution in [3.63, 3.8) is 0 Å². The first-order chi connectivity index (χ1) is 29.0. The third-order valence-corrected chi connectivity index (χ3v) is 13.2. The number of pyridine rings is 1. The molecule has 0 N–H and O–H groups in total. The van der Waals surface area contributed by atoms with Gasteiger partial charge in [-0.2, -0.15) is 12.1 Å². The summed E-state index contributed by atoms with van der Waals surface area (Å²) in [7, 11) is 0. The maximum atomic E-state index is 6.72. The number of ether oxygens (including phenoxy) is 1. The Balaban J connectivity index is 0.00000490. The van der Waals surface area contributed by atoms with Crippen molar-refractivity contribution in [2.24, 2.45) is 0 Å². The van der Waals surface area contributed by atoms with Gasteiger partial charge in [0.25, 0.3) is 0 Å². The van der Waals surface area contributed by atoms with Crippen LogP contribution in [0.4, 0.5) is 22.7 Å². The van der Waals surface area contributed by atoms with Crippen LogP contribution in [-0.2, 0) is 37.3 Å². The van der Waals surface area contributed by atoms with Gasteiger partial charge in [0.2, 0.25) is 0 Å². The Morgan fingerprint density at radius 3 is 2.05 bits per heavy atom. The van der Waals surface area contributed by atoms with Gasteiger partial charge in [0.05, 0.1) is 5.52 Å². The zero-order valence-corrected chi connectivity index (χ0v) is 40.1. The Labute approximate surface area is 384 Å². The normalized spacial score (nSPS) is 13.4. The fourth-order valence-corrected chi connectivity index (χ4v) is 9.96. The molecule has 0 bridgehead atoms. The van der Waals surface area contributed by atoms with E-state index in [0.29, 0.717) is 11.5 Å². The first-order valence-corrected chi connectivity index (χ1v) is 22.0. The number of hydrogen-bond acceptors (Lipinski definition) is 5. The predicted molar refractivity (Wildman–Crippen MR) is 258 cm³/mol. The number of para-hydroxylation sites is 2. The number of hydrogen-bond donors (Lipinski definition) is 0. The van der Waals surface area contributed by atoms with E-state index in [4.69, 9.17) is 9.72 Å². The van der Waals surface area contributed by atoms with Gasteiger partial charge in [-0.15, -0.1) is 59.4 Å². The second-order valence-electron chi connectivity index (χ2n) is 19.5. The maximum Gasteiger partial charge on any atom is 0.135 e. The maximum absolute atomic E-state index is 6.72. The van der Waals surface area contributed by atoms with E-state index in [0.717, 1.165) is 44.7 Å². The van der Waals surface area contributed by atoms with E-state index in [9.17, 15) is 0 Å². The van der Waals surface area contributed by atoms with Gasteiger partial charge in [-0.1, -0.05) is 116 Å². The van der Waals surface area contributed by atoms with Crippen LogP contribution in [-0.4, -0.2) is 9.55 Å². The fraction of sp³-hybridized carbons (Fsp3) is 0.236. The van der Waals surface area contributed by atoms with Crippen LogP contribution in [0.15, 0.2) is 121 Å². The largest absolute Gasteiger partial charge is 0.509 e. The molecule has 0 spiro atoms. The van der Waals surface area contributed by atoms with Gasteiger partial charge in [0.15, 0.2) is 0 Å². The Morgan fingerprint density at radius 1 is 0.613 bits per heavy atom. The average Bonchev–Trinajstić information content (AvgIpc) is 3.89. The summed E-state index contributed by atoms with van der Waals surface area (Å²) < 4.78 is 11.5. The topological polar surface area (TPSA) is 33.5 Å². The van der Waals surface area contributed by atoms with Crippen molar-refractivity contribution in [3.05, 3.63) is 163 Å². The summed E-state index contributed by atoms with van der Waals surface area (Å²) in [4.78, 5) is 9.59. The van der Waals surface area contributed by atoms with Crippen molar-refractivity contribution in [2.75, 3.05) is 9.80 Å². The molecule has 7 heteroatoms. The number of nitrogens with zero attached hydrogens (tertiary/aromatic N) is 4. The van der Waals surface area contributed by atoms with Gasteiger partial charge in [-0.3, -0.25) is 0 Å². The molecule has 4 heterocycles. The van der Waals surface area contributed by atoms with Crippen LogP contribution in [0.3, 0.4) is 0 Å². The van der Waals surface area contributed by atoms with Crippen LogP contribution in [0.5, 0.6) is 11.5 Å². The number of fused-ring (bicyclic) bond motifs is 8. The van der Waals surface area contributed by atoms with Crippen LogP contribution in [0.1, 0.15) is 84.6 Å². The summed E-state index contributed by atoms with van der Waals surface area (Å²) in [5.41, 5.74) is 11.4. The fourth-order valence-electron chi connectivity index (χ4n) is 8.85. The van der Waals surface area contributed by atoms with Crippen LogP contribution in [0.2, 0.25) is 0 Å². The molecule has 0 radical (unpaired) electrons. The summed E-state index contributed by atoms with van der Waals surface area (Å²) in [6, 6.07) is 48.6. The summed E-state index contributed by atoms with van der Waals surface area (Å²) in [5, 5.41) is 4.75. The van der Waals surface area contributed by atoms with Gasteiger partial charge in [-0.05, 0) is 87.2 Å². The molecule has 10 rings (SSSR count). The van der Waals surface area contributed by atoms with Crippen LogP contribution in [0.25, 0.3) is 47.8 Å². The molecule has 1 aliphatic heterocycles. The summed E-state index contributed by atoms with van der Waals surface area (Å²) in [6.45, 7) is 25.0. The Hall–Kier alpha value is -5.42. The van der Waals surface area contributed by atoms with Crippen molar-refractivity contribution in [1.29, 1.82) is 0 Å². The smallest absolute Gasteiger partial charge is 0.135 e. The minimum absolute atomic E-state index is 0. The molecule has 0 atom stereocenters. The first-order valence-electron chi connectivity index (χ1n) is 21.2. The molecule has 3 aromatic heterocycles. The van der Waals surface area contributed by atoms with Crippen molar-refractivity contribution >= 4 is 76.1 Å². The number of thiophene rings is 1. The Morgan fingerprint density at radius 2 is 1.31 bits per heavy atom. The summed E-state index contributed by atoms with van der Waals surface area (Å²) in [6.07, 6.45) is 1.93. The summed E-state index contributed by atoms with van der Waals surface area (Å²) >= 11 is 1.83. The van der Waals surface area contributed by atoms with Crippen molar-refractivity contribution in [1.82, 2.24) is 9.55 Å². The molecule has 1 aliphatic rings. The Kier molecular flexibility index (Phi) is 10.2. The van der Waals surface area contributed by atoms with Crippen molar-refractivity contribution in [3.8, 4) is 17.3 Å². The van der Waals surface area contributed by atoms with Crippen molar-refractivity contribution in [2.45, 2.75) is 85.5 Å². The molecule has 316 valence electrons. The number of anilines is 4. The molecule has 0 amide bonds. The third-order valence-electron chi connectivity index (χ3n) is 12.1. The molecular formula is C55H51N4OPtS-3. The molecule has 62 heavy (non-hydrogen) atoms. The van der Waals surface area contributed by atoms with E-state index >= 15 is 0 Å². The SMILES string of the molecule is Cc1cc(C(C)(C)C)cc(C(C)(C)C)c1N1[CH-]N(c2[c-]c(Oc3[c-]c4c(cc3)c3ccc5sc6ccccc6c5c3n4-c3cc(C(C)(C)C)ccn3)ccc2)c2ccccc21.[Pt]. The monoisotopic (exact) mass is 1010 g/mol. The summed E-state index contributed by atoms with van der Waals surface area (Å²) in [5.74, 6) is 2.09. The molecular weight excluding hydrogens is 960 g/mol. The average molecular weight is 1010 g/mol. The zero-order chi connectivity index (χ0) is 42.6. The molecule has 0 saturated carbocycles. The van der Waals surface area contributed by atoms with E-state index in [-0.39, 0.29) is 37.3 Å².